The summed E-state index contributed by atoms with van der Waals surface area (Å²) in [5.74, 6) is 0. The van der Waals surface area contributed by atoms with Crippen molar-refractivity contribution in [3.05, 3.63) is 91.0 Å². The van der Waals surface area contributed by atoms with Crippen molar-refractivity contribution < 1.29 is 0 Å². The van der Waals surface area contributed by atoms with Crippen LogP contribution in [-0.4, -0.2) is 24.6 Å². The summed E-state index contributed by atoms with van der Waals surface area (Å²) >= 11 is 0. The Labute approximate surface area is 145 Å². The molecule has 0 saturated carbocycles. The van der Waals surface area contributed by atoms with Crippen molar-refractivity contribution in [3.8, 4) is 0 Å². The predicted octanol–water partition coefficient (Wildman–Crippen LogP) is 4.37. The maximum atomic E-state index is 4.98. The molecule has 0 aliphatic carbocycles. The van der Waals surface area contributed by atoms with Gasteiger partial charge in [0.05, 0.1) is 5.69 Å². The second-order valence-electron chi connectivity index (χ2n) is 5.65. The highest BCUT2D eigenvalue weighted by Crippen LogP contribution is 2.37. The quantitative estimate of drug-likeness (QED) is 0.393. The van der Waals surface area contributed by atoms with Gasteiger partial charge < -0.3 is 4.90 Å². The van der Waals surface area contributed by atoms with E-state index in [4.69, 9.17) is 4.99 Å². The summed E-state index contributed by atoms with van der Waals surface area (Å²) in [4.78, 5) is 7.12. The molecule has 0 N–H and O–H groups in total. The summed E-state index contributed by atoms with van der Waals surface area (Å²) in [5, 5.41) is 2.61. The van der Waals surface area contributed by atoms with Crippen LogP contribution < -0.4 is 10.6 Å². The van der Waals surface area contributed by atoms with Gasteiger partial charge in [-0.3, -0.25) is 0 Å². The van der Waals surface area contributed by atoms with E-state index in [0.717, 1.165) is 11.3 Å². The molecular formula is C21H21N2P. The molecule has 0 spiro atoms. The van der Waals surface area contributed by atoms with Crippen molar-refractivity contribution in [2.45, 2.75) is 0 Å². The Bertz CT molecular complexity index is 744. The average molecular weight is 332 g/mol. The van der Waals surface area contributed by atoms with Crippen molar-refractivity contribution in [1.29, 1.82) is 0 Å². The third-order valence-electron chi connectivity index (χ3n) is 3.61. The summed E-state index contributed by atoms with van der Waals surface area (Å²) in [6, 6.07) is 31.5. The van der Waals surface area contributed by atoms with Gasteiger partial charge in [-0.2, -0.15) is 0 Å². The molecule has 2 nitrogen and oxygen atoms in total. The average Bonchev–Trinajstić information content (AvgIpc) is 2.64. The maximum Gasteiger partial charge on any atom is 0.136 e. The van der Waals surface area contributed by atoms with Crippen LogP contribution in [0.2, 0.25) is 0 Å². The number of amidine groups is 1. The Balaban J connectivity index is 2.14. The van der Waals surface area contributed by atoms with Gasteiger partial charge in [0.1, 0.15) is 5.58 Å². The number of benzene rings is 3. The standard InChI is InChI=1S/C21H21N2P/c1-23(2)21(22-18-12-6-3-7-13-18)24(19-14-8-4-9-15-19)20-16-10-5-11-17-20/h3-17H,1-2H3. The molecule has 3 heteroatoms. The van der Waals surface area contributed by atoms with Gasteiger partial charge in [0.25, 0.3) is 0 Å². The van der Waals surface area contributed by atoms with E-state index in [-0.39, 0.29) is 0 Å². The molecule has 0 saturated heterocycles. The Morgan fingerprint density at radius 3 is 1.50 bits per heavy atom. The minimum Gasteiger partial charge on any atom is -0.362 e. The zero-order valence-corrected chi connectivity index (χ0v) is 14.9. The van der Waals surface area contributed by atoms with Crippen LogP contribution in [0.4, 0.5) is 5.69 Å². The molecule has 0 amide bonds. The molecule has 0 atom stereocenters. The van der Waals surface area contributed by atoms with Crippen LogP contribution in [0.3, 0.4) is 0 Å². The van der Waals surface area contributed by atoms with Crippen molar-refractivity contribution in [2.24, 2.45) is 4.99 Å². The summed E-state index contributed by atoms with van der Waals surface area (Å²) in [5.41, 5.74) is 2.08. The third kappa shape index (κ3) is 3.90. The van der Waals surface area contributed by atoms with Crippen LogP contribution in [0.15, 0.2) is 96.0 Å². The zero-order valence-electron chi connectivity index (χ0n) is 14.0. The van der Waals surface area contributed by atoms with Crippen LogP contribution in [-0.2, 0) is 0 Å². The van der Waals surface area contributed by atoms with E-state index in [0.29, 0.717) is 0 Å². The zero-order chi connectivity index (χ0) is 16.8. The molecule has 0 aliphatic heterocycles. The largest absolute Gasteiger partial charge is 0.362 e. The number of rotatable bonds is 4. The first-order valence-corrected chi connectivity index (χ1v) is 9.31. The van der Waals surface area contributed by atoms with Gasteiger partial charge in [0, 0.05) is 22.0 Å². The predicted molar refractivity (Wildman–Crippen MR) is 106 cm³/mol. The SMILES string of the molecule is CN(C)C(=Nc1ccccc1)P(c1ccccc1)c1ccccc1. The molecule has 0 fully saturated rings. The molecule has 120 valence electrons. The molecule has 0 bridgehead atoms. The summed E-state index contributed by atoms with van der Waals surface area (Å²) in [6.45, 7) is 0. The summed E-state index contributed by atoms with van der Waals surface area (Å²) < 4.78 is 0. The first-order chi connectivity index (χ1) is 11.8. The lowest BCUT2D eigenvalue weighted by atomic mass is 10.3. The molecule has 0 radical (unpaired) electrons. The minimum atomic E-state index is -0.702. The molecule has 3 aromatic rings. The van der Waals surface area contributed by atoms with Crippen LogP contribution in [0.1, 0.15) is 0 Å². The number of para-hydroxylation sites is 1. The Morgan fingerprint density at radius 1 is 0.667 bits per heavy atom. The van der Waals surface area contributed by atoms with E-state index in [1.165, 1.54) is 10.6 Å². The minimum absolute atomic E-state index is 0.702. The van der Waals surface area contributed by atoms with Crippen molar-refractivity contribution >= 4 is 29.8 Å². The van der Waals surface area contributed by atoms with Crippen LogP contribution in [0.5, 0.6) is 0 Å². The van der Waals surface area contributed by atoms with Crippen LogP contribution in [0.25, 0.3) is 0 Å². The molecule has 0 aliphatic rings. The summed E-state index contributed by atoms with van der Waals surface area (Å²) in [7, 11) is 3.44. The fraction of sp³-hybridized carbons (Fsp3) is 0.0952. The molecule has 0 unspecified atom stereocenters. The Kier molecular flexibility index (Phi) is 5.40. The van der Waals surface area contributed by atoms with Gasteiger partial charge in [-0.05, 0) is 22.7 Å². The first kappa shape index (κ1) is 16.4. The highest BCUT2D eigenvalue weighted by molar-refractivity contribution is 7.87. The van der Waals surface area contributed by atoms with Crippen molar-refractivity contribution in [3.63, 3.8) is 0 Å². The van der Waals surface area contributed by atoms with Gasteiger partial charge in [-0.25, -0.2) is 4.99 Å². The molecule has 3 rings (SSSR count). The number of hydrogen-bond donors (Lipinski definition) is 0. The summed E-state index contributed by atoms with van der Waals surface area (Å²) in [6.07, 6.45) is 0. The highest BCUT2D eigenvalue weighted by Gasteiger charge is 2.22. The normalized spacial score (nSPS) is 11.5. The van der Waals surface area contributed by atoms with Crippen molar-refractivity contribution in [1.82, 2.24) is 4.90 Å². The lowest BCUT2D eigenvalue weighted by molar-refractivity contribution is 0.635. The van der Waals surface area contributed by atoms with Crippen LogP contribution in [0, 0.1) is 0 Å². The lowest BCUT2D eigenvalue weighted by Crippen LogP contribution is -2.28. The highest BCUT2D eigenvalue weighted by atomic mass is 31.1. The smallest absolute Gasteiger partial charge is 0.136 e. The lowest BCUT2D eigenvalue weighted by Gasteiger charge is -2.26. The molecule has 0 aromatic heterocycles. The van der Waals surface area contributed by atoms with E-state index in [9.17, 15) is 0 Å². The topological polar surface area (TPSA) is 15.6 Å². The third-order valence-corrected chi connectivity index (χ3v) is 6.14. The first-order valence-electron chi connectivity index (χ1n) is 7.97. The molecular weight excluding hydrogens is 311 g/mol. The Hall–Kier alpha value is -2.44. The number of nitrogens with zero attached hydrogens (tertiary/aromatic N) is 2. The Morgan fingerprint density at radius 2 is 1.08 bits per heavy atom. The fourth-order valence-corrected chi connectivity index (χ4v) is 4.82. The van der Waals surface area contributed by atoms with E-state index >= 15 is 0 Å². The monoisotopic (exact) mass is 332 g/mol. The maximum absolute atomic E-state index is 4.98. The van der Waals surface area contributed by atoms with Gasteiger partial charge in [-0.15, -0.1) is 0 Å². The second kappa shape index (κ2) is 7.90. The van der Waals surface area contributed by atoms with Gasteiger partial charge in [-0.1, -0.05) is 78.9 Å². The van der Waals surface area contributed by atoms with E-state index < -0.39 is 7.92 Å². The second-order valence-corrected chi connectivity index (χ2v) is 7.75. The van der Waals surface area contributed by atoms with E-state index in [2.05, 4.69) is 79.7 Å². The molecule has 3 aromatic carbocycles. The molecule has 0 heterocycles. The van der Waals surface area contributed by atoms with Crippen molar-refractivity contribution in [2.75, 3.05) is 14.1 Å². The van der Waals surface area contributed by atoms with Crippen LogP contribution >= 0.6 is 7.92 Å². The van der Waals surface area contributed by atoms with Gasteiger partial charge in [0.15, 0.2) is 0 Å². The van der Waals surface area contributed by atoms with E-state index in [1.54, 1.807) is 0 Å². The number of hydrogen-bond acceptors (Lipinski definition) is 1. The molecule has 24 heavy (non-hydrogen) atoms. The van der Waals surface area contributed by atoms with Gasteiger partial charge in [0.2, 0.25) is 0 Å². The number of aliphatic imine (C=N–C) groups is 1. The van der Waals surface area contributed by atoms with E-state index in [1.807, 2.05) is 30.3 Å². The fourth-order valence-electron chi connectivity index (χ4n) is 2.50. The van der Waals surface area contributed by atoms with Gasteiger partial charge >= 0.3 is 0 Å².